The van der Waals surface area contributed by atoms with Gasteiger partial charge in [-0.05, 0) is 28.8 Å². The second-order valence-corrected chi connectivity index (χ2v) is 4.54. The lowest BCUT2D eigenvalue weighted by molar-refractivity contribution is 0.415. The van der Waals surface area contributed by atoms with Crippen LogP contribution in [0.2, 0.25) is 0 Å². The number of ether oxygens (including phenoxy) is 1. The molecule has 0 aliphatic rings. The third-order valence-corrected chi connectivity index (χ3v) is 3.37. The molecule has 0 bridgehead atoms. The number of benzene rings is 2. The van der Waals surface area contributed by atoms with Gasteiger partial charge in [0.05, 0.1) is 7.11 Å². The third-order valence-electron chi connectivity index (χ3n) is 2.72. The molecule has 18 heavy (non-hydrogen) atoms. The molecule has 0 aliphatic carbocycles. The molecule has 0 atom stereocenters. The lowest BCUT2D eigenvalue weighted by Gasteiger charge is -1.99. The normalized spacial score (nSPS) is 10.8. The molecule has 1 nitrogen and oxygen atoms in total. The molecular formula is C16H15BrO. The van der Waals surface area contributed by atoms with Gasteiger partial charge in [-0.1, -0.05) is 64.5 Å². The van der Waals surface area contributed by atoms with Crippen molar-refractivity contribution in [2.75, 3.05) is 7.11 Å². The Morgan fingerprint density at radius 2 is 1.39 bits per heavy atom. The van der Waals surface area contributed by atoms with Crippen molar-refractivity contribution in [1.29, 1.82) is 0 Å². The largest absolute Gasteiger partial charge is 0.497 e. The number of methoxy groups -OCH3 is 1. The van der Waals surface area contributed by atoms with Gasteiger partial charge >= 0.3 is 0 Å². The van der Waals surface area contributed by atoms with Gasteiger partial charge in [-0.15, -0.1) is 0 Å². The summed E-state index contributed by atoms with van der Waals surface area (Å²) in [5.74, 6) is 0.883. The Morgan fingerprint density at radius 1 is 0.889 bits per heavy atom. The molecule has 0 spiro atoms. The van der Waals surface area contributed by atoms with E-state index in [1.807, 2.05) is 24.3 Å². The summed E-state index contributed by atoms with van der Waals surface area (Å²) in [6.07, 6.45) is 4.21. The van der Waals surface area contributed by atoms with Gasteiger partial charge in [0.15, 0.2) is 0 Å². The summed E-state index contributed by atoms with van der Waals surface area (Å²) in [4.78, 5) is 0. The van der Waals surface area contributed by atoms with E-state index in [4.69, 9.17) is 4.74 Å². The zero-order valence-corrected chi connectivity index (χ0v) is 11.9. The van der Waals surface area contributed by atoms with Crippen molar-refractivity contribution >= 4 is 28.1 Å². The molecule has 0 aromatic heterocycles. The van der Waals surface area contributed by atoms with Crippen LogP contribution in [0.5, 0.6) is 5.75 Å². The van der Waals surface area contributed by atoms with Crippen LogP contribution in [0.3, 0.4) is 0 Å². The number of halogens is 1. The smallest absolute Gasteiger partial charge is 0.118 e. The molecule has 2 heteroatoms. The highest BCUT2D eigenvalue weighted by atomic mass is 79.9. The van der Waals surface area contributed by atoms with Crippen LogP contribution >= 0.6 is 15.9 Å². The van der Waals surface area contributed by atoms with Crippen molar-refractivity contribution in [2.24, 2.45) is 0 Å². The Labute approximate surface area is 116 Å². The maximum Gasteiger partial charge on any atom is 0.118 e. The van der Waals surface area contributed by atoms with Gasteiger partial charge in [0.25, 0.3) is 0 Å². The first-order valence-corrected chi connectivity index (χ1v) is 6.91. The molecule has 2 aromatic carbocycles. The Kier molecular flexibility index (Phi) is 4.59. The van der Waals surface area contributed by atoms with Crippen LogP contribution in [-0.4, -0.2) is 7.11 Å². The Hall–Kier alpha value is -1.54. The third kappa shape index (κ3) is 3.47. The highest BCUT2D eigenvalue weighted by molar-refractivity contribution is 9.08. The van der Waals surface area contributed by atoms with Gasteiger partial charge in [0, 0.05) is 5.33 Å². The monoisotopic (exact) mass is 302 g/mol. The van der Waals surface area contributed by atoms with E-state index in [0.717, 1.165) is 11.1 Å². The SMILES string of the molecule is COc1ccc(/C=C/c2ccc(CBr)cc2)cc1. The Morgan fingerprint density at radius 3 is 1.83 bits per heavy atom. The van der Waals surface area contributed by atoms with Crippen molar-refractivity contribution in [1.82, 2.24) is 0 Å². The van der Waals surface area contributed by atoms with E-state index >= 15 is 0 Å². The lowest BCUT2D eigenvalue weighted by atomic mass is 10.1. The van der Waals surface area contributed by atoms with E-state index < -0.39 is 0 Å². The summed E-state index contributed by atoms with van der Waals surface area (Å²) < 4.78 is 5.13. The Bertz CT molecular complexity index is 462. The highest BCUT2D eigenvalue weighted by Crippen LogP contribution is 2.14. The molecular weight excluding hydrogens is 288 g/mol. The second kappa shape index (κ2) is 6.41. The summed E-state index contributed by atoms with van der Waals surface area (Å²) >= 11 is 3.44. The predicted octanol–water partition coefficient (Wildman–Crippen LogP) is 4.76. The van der Waals surface area contributed by atoms with Gasteiger partial charge in [-0.2, -0.15) is 0 Å². The summed E-state index contributed by atoms with van der Waals surface area (Å²) in [5.41, 5.74) is 3.66. The molecule has 0 radical (unpaired) electrons. The Balaban J connectivity index is 2.08. The van der Waals surface area contributed by atoms with E-state index in [1.54, 1.807) is 7.11 Å². The highest BCUT2D eigenvalue weighted by Gasteiger charge is 1.92. The molecule has 0 saturated heterocycles. The van der Waals surface area contributed by atoms with Gasteiger partial charge in [-0.3, -0.25) is 0 Å². The van der Waals surface area contributed by atoms with Crippen LogP contribution < -0.4 is 4.74 Å². The van der Waals surface area contributed by atoms with E-state index in [1.165, 1.54) is 16.7 Å². The molecule has 2 aromatic rings. The van der Waals surface area contributed by atoms with Crippen LogP contribution in [0, 0.1) is 0 Å². The molecule has 92 valence electrons. The molecule has 0 unspecified atom stereocenters. The van der Waals surface area contributed by atoms with Crippen molar-refractivity contribution < 1.29 is 4.74 Å². The predicted molar refractivity (Wildman–Crippen MR) is 81.0 cm³/mol. The molecule has 0 fully saturated rings. The second-order valence-electron chi connectivity index (χ2n) is 3.98. The van der Waals surface area contributed by atoms with Gasteiger partial charge in [0.1, 0.15) is 5.75 Å². The van der Waals surface area contributed by atoms with Crippen molar-refractivity contribution in [3.8, 4) is 5.75 Å². The van der Waals surface area contributed by atoms with Crippen LogP contribution in [0.15, 0.2) is 48.5 Å². The summed E-state index contributed by atoms with van der Waals surface area (Å²) in [7, 11) is 1.68. The molecule has 2 rings (SSSR count). The fraction of sp³-hybridized carbons (Fsp3) is 0.125. The molecule has 0 amide bonds. The van der Waals surface area contributed by atoms with Crippen LogP contribution in [0.4, 0.5) is 0 Å². The van der Waals surface area contributed by atoms with Crippen LogP contribution in [0.25, 0.3) is 12.2 Å². The number of hydrogen-bond acceptors (Lipinski definition) is 1. The molecule has 0 heterocycles. The van der Waals surface area contributed by atoms with Crippen molar-refractivity contribution in [2.45, 2.75) is 5.33 Å². The zero-order chi connectivity index (χ0) is 12.8. The fourth-order valence-corrected chi connectivity index (χ4v) is 2.00. The van der Waals surface area contributed by atoms with E-state index in [9.17, 15) is 0 Å². The van der Waals surface area contributed by atoms with Gasteiger partial charge in [0.2, 0.25) is 0 Å². The van der Waals surface area contributed by atoms with Crippen molar-refractivity contribution in [3.63, 3.8) is 0 Å². The lowest BCUT2D eigenvalue weighted by Crippen LogP contribution is -1.81. The van der Waals surface area contributed by atoms with Crippen LogP contribution in [0.1, 0.15) is 16.7 Å². The standard InChI is InChI=1S/C16H15BrO/c1-18-16-10-8-14(9-11-16)3-2-13-4-6-15(12-17)7-5-13/h2-11H,12H2,1H3/b3-2+. The number of alkyl halides is 1. The maximum absolute atomic E-state index is 5.13. The summed E-state index contributed by atoms with van der Waals surface area (Å²) in [6.45, 7) is 0. The minimum absolute atomic E-state index is 0.883. The molecule has 0 N–H and O–H groups in total. The first-order chi connectivity index (χ1) is 8.81. The summed E-state index contributed by atoms with van der Waals surface area (Å²) in [6, 6.07) is 16.5. The minimum Gasteiger partial charge on any atom is -0.497 e. The topological polar surface area (TPSA) is 9.23 Å². The summed E-state index contributed by atoms with van der Waals surface area (Å²) in [5, 5.41) is 0.898. The van der Waals surface area contributed by atoms with E-state index in [0.29, 0.717) is 0 Å². The van der Waals surface area contributed by atoms with Crippen molar-refractivity contribution in [3.05, 3.63) is 65.2 Å². The fourth-order valence-electron chi connectivity index (χ4n) is 1.63. The van der Waals surface area contributed by atoms with Gasteiger partial charge in [-0.25, -0.2) is 0 Å². The molecule has 0 saturated carbocycles. The zero-order valence-electron chi connectivity index (χ0n) is 10.3. The minimum atomic E-state index is 0.883. The van der Waals surface area contributed by atoms with Gasteiger partial charge < -0.3 is 4.74 Å². The average Bonchev–Trinajstić information content (AvgIpc) is 2.46. The maximum atomic E-state index is 5.13. The van der Waals surface area contributed by atoms with E-state index in [-0.39, 0.29) is 0 Å². The average molecular weight is 303 g/mol. The van der Waals surface area contributed by atoms with E-state index in [2.05, 4.69) is 52.3 Å². The van der Waals surface area contributed by atoms with Crippen LogP contribution in [-0.2, 0) is 5.33 Å². The first-order valence-electron chi connectivity index (χ1n) is 5.79. The number of hydrogen-bond donors (Lipinski definition) is 0. The molecule has 0 aliphatic heterocycles. The number of rotatable bonds is 4. The quantitative estimate of drug-likeness (QED) is 0.584. The first kappa shape index (κ1) is 12.9.